The zero-order chi connectivity index (χ0) is 28.9. The molecule has 4 aromatic heterocycles. The maximum absolute atomic E-state index is 11.9. The number of benzene rings is 1. The van der Waals surface area contributed by atoms with Crippen LogP contribution in [0, 0.1) is 12.8 Å². The molecule has 0 bridgehead atoms. The number of phenols is 1. The largest absolute Gasteiger partial charge is 0.508 e. The molecule has 0 aliphatic carbocycles. The van der Waals surface area contributed by atoms with Crippen LogP contribution in [0.4, 0.5) is 5.69 Å². The molecule has 1 aliphatic rings. The van der Waals surface area contributed by atoms with Gasteiger partial charge in [0.05, 0.1) is 41.5 Å². The minimum atomic E-state index is -3.08. The molecular weight excluding hydrogens is 540 g/mol. The van der Waals surface area contributed by atoms with E-state index in [1.54, 1.807) is 48.6 Å². The number of sulfone groups is 1. The first kappa shape index (κ1) is 26.7. The molecule has 0 saturated carbocycles. The molecule has 0 radical (unpaired) electrons. The number of fused-ring (bicyclic) bond motifs is 1. The molecule has 11 heteroatoms. The number of hydrogen-bond donors (Lipinski definition) is 1. The highest BCUT2D eigenvalue weighted by Gasteiger charge is 2.38. The van der Waals surface area contributed by atoms with Crippen LogP contribution in [-0.2, 0) is 9.84 Å². The summed E-state index contributed by atoms with van der Waals surface area (Å²) in [6.07, 6.45) is 6.47. The Labute approximate surface area is 238 Å². The van der Waals surface area contributed by atoms with E-state index >= 15 is 0 Å². The van der Waals surface area contributed by atoms with E-state index in [1.807, 2.05) is 44.2 Å². The van der Waals surface area contributed by atoms with Gasteiger partial charge in [0, 0.05) is 65.6 Å². The summed E-state index contributed by atoms with van der Waals surface area (Å²) >= 11 is 0. The second-order valence-electron chi connectivity index (χ2n) is 10.5. The highest BCUT2D eigenvalue weighted by Crippen LogP contribution is 2.36. The molecule has 5 heterocycles. The number of rotatable bonds is 7. The predicted octanol–water partition coefficient (Wildman–Crippen LogP) is 4.44. The molecule has 6 rings (SSSR count). The topological polar surface area (TPSA) is 123 Å². The van der Waals surface area contributed by atoms with Crippen LogP contribution in [0.2, 0.25) is 0 Å². The number of aromatic nitrogens is 5. The van der Waals surface area contributed by atoms with Crippen molar-refractivity contribution in [3.05, 3.63) is 72.8 Å². The van der Waals surface area contributed by atoms with E-state index in [0.29, 0.717) is 29.5 Å². The Hall–Kier alpha value is -4.51. The lowest BCUT2D eigenvalue weighted by Crippen LogP contribution is -2.57. The highest BCUT2D eigenvalue weighted by molar-refractivity contribution is 7.90. The lowest BCUT2D eigenvalue weighted by atomic mass is 9.91. The summed E-state index contributed by atoms with van der Waals surface area (Å²) in [6.45, 7) is 4.61. The first-order valence-electron chi connectivity index (χ1n) is 13.2. The summed E-state index contributed by atoms with van der Waals surface area (Å²) in [5.74, 6) is 1.65. The molecule has 2 atom stereocenters. The third-order valence-electron chi connectivity index (χ3n) is 7.66. The summed E-state index contributed by atoms with van der Waals surface area (Å²) in [5, 5.41) is 15.4. The van der Waals surface area contributed by atoms with Crippen LogP contribution in [0.5, 0.6) is 11.5 Å². The van der Waals surface area contributed by atoms with Crippen LogP contribution in [-0.4, -0.2) is 70.0 Å². The molecule has 1 N–H and O–H groups in total. The highest BCUT2D eigenvalue weighted by atomic mass is 32.2. The number of phenolic OH excluding ortho intramolecular Hbond substituents is 1. The molecule has 1 aliphatic heterocycles. The first-order chi connectivity index (χ1) is 19.6. The van der Waals surface area contributed by atoms with Gasteiger partial charge in [0.2, 0.25) is 0 Å². The van der Waals surface area contributed by atoms with Gasteiger partial charge in [-0.2, -0.15) is 5.10 Å². The molecule has 10 nitrogen and oxygen atoms in total. The van der Waals surface area contributed by atoms with Gasteiger partial charge in [-0.3, -0.25) is 9.97 Å². The van der Waals surface area contributed by atoms with Gasteiger partial charge >= 0.3 is 0 Å². The van der Waals surface area contributed by atoms with Gasteiger partial charge < -0.3 is 14.7 Å². The fourth-order valence-electron chi connectivity index (χ4n) is 5.42. The third-order valence-corrected chi connectivity index (χ3v) is 8.70. The molecule has 1 fully saturated rings. The van der Waals surface area contributed by atoms with Gasteiger partial charge in [-0.15, -0.1) is 0 Å². The lowest BCUT2D eigenvalue weighted by molar-refractivity contribution is 0.341. The van der Waals surface area contributed by atoms with Crippen LogP contribution in [0.15, 0.2) is 67.1 Å². The van der Waals surface area contributed by atoms with Crippen molar-refractivity contribution in [1.82, 2.24) is 24.7 Å². The van der Waals surface area contributed by atoms with Crippen LogP contribution in [0.1, 0.15) is 12.6 Å². The van der Waals surface area contributed by atoms with E-state index in [2.05, 4.69) is 9.88 Å². The van der Waals surface area contributed by atoms with Crippen molar-refractivity contribution in [3.63, 3.8) is 0 Å². The minimum absolute atomic E-state index is 0.0399. The second kappa shape index (κ2) is 10.2. The van der Waals surface area contributed by atoms with Gasteiger partial charge in [-0.1, -0.05) is 0 Å². The van der Waals surface area contributed by atoms with Crippen molar-refractivity contribution in [3.8, 4) is 39.8 Å². The summed E-state index contributed by atoms with van der Waals surface area (Å²) in [6, 6.07) is 14.7. The number of aromatic hydroxyl groups is 1. The molecule has 41 heavy (non-hydrogen) atoms. The number of ether oxygens (including phenoxy) is 1. The number of pyridine rings is 3. The van der Waals surface area contributed by atoms with Crippen molar-refractivity contribution in [2.24, 2.45) is 5.92 Å². The van der Waals surface area contributed by atoms with Crippen LogP contribution >= 0.6 is 0 Å². The molecule has 0 amide bonds. The molecule has 210 valence electrons. The Morgan fingerprint density at radius 3 is 2.54 bits per heavy atom. The normalized spacial score (nSPS) is 17.0. The number of anilines is 1. The SMILES string of the molecule is COc1ccncc1-c1cc2c(cnn2-c2cc(N3C[C@H](CS(C)(=O)=O)[C@H]3C)cc(-c3ccc(O)cc3)n2)c(C)n1. The van der Waals surface area contributed by atoms with Crippen molar-refractivity contribution in [2.75, 3.05) is 30.6 Å². The molecule has 5 aromatic rings. The lowest BCUT2D eigenvalue weighted by Gasteiger charge is -2.48. The Bertz CT molecular complexity index is 1870. The van der Waals surface area contributed by atoms with Crippen LogP contribution in [0.25, 0.3) is 39.2 Å². The quantitative estimate of drug-likeness (QED) is 0.303. The maximum atomic E-state index is 11.9. The number of hydrogen-bond acceptors (Lipinski definition) is 9. The van der Waals surface area contributed by atoms with E-state index in [-0.39, 0.29) is 23.5 Å². The molecular formula is C30H30N6O4S. The Kier molecular flexibility index (Phi) is 6.61. The zero-order valence-electron chi connectivity index (χ0n) is 23.2. The van der Waals surface area contributed by atoms with Crippen molar-refractivity contribution in [2.45, 2.75) is 19.9 Å². The van der Waals surface area contributed by atoms with E-state index in [4.69, 9.17) is 19.8 Å². The summed E-state index contributed by atoms with van der Waals surface area (Å²) in [4.78, 5) is 16.2. The minimum Gasteiger partial charge on any atom is -0.508 e. The monoisotopic (exact) mass is 570 g/mol. The van der Waals surface area contributed by atoms with Crippen LogP contribution in [0.3, 0.4) is 0 Å². The van der Waals surface area contributed by atoms with Gasteiger partial charge in [-0.25, -0.2) is 18.1 Å². The Balaban J connectivity index is 1.48. The maximum Gasteiger partial charge on any atom is 0.156 e. The summed E-state index contributed by atoms with van der Waals surface area (Å²) in [7, 11) is -1.46. The fourth-order valence-corrected chi connectivity index (χ4v) is 6.58. The van der Waals surface area contributed by atoms with E-state index in [1.165, 1.54) is 6.26 Å². The van der Waals surface area contributed by atoms with Gasteiger partial charge in [-0.05, 0) is 56.3 Å². The van der Waals surface area contributed by atoms with Crippen molar-refractivity contribution < 1.29 is 18.3 Å². The van der Waals surface area contributed by atoms with E-state index < -0.39 is 9.84 Å². The fraction of sp³-hybridized carbons (Fsp3) is 0.267. The van der Waals surface area contributed by atoms with Gasteiger partial charge in [0.1, 0.15) is 21.3 Å². The summed E-state index contributed by atoms with van der Waals surface area (Å²) < 4.78 is 31.2. The van der Waals surface area contributed by atoms with Crippen molar-refractivity contribution in [1.29, 1.82) is 0 Å². The van der Waals surface area contributed by atoms with Crippen LogP contribution < -0.4 is 9.64 Å². The number of aryl methyl sites for hydroxylation is 1. The summed E-state index contributed by atoms with van der Waals surface area (Å²) in [5.41, 5.74) is 5.57. The molecule has 0 spiro atoms. The number of methoxy groups -OCH3 is 1. The second-order valence-corrected chi connectivity index (χ2v) is 12.7. The zero-order valence-corrected chi connectivity index (χ0v) is 24.0. The average molecular weight is 571 g/mol. The van der Waals surface area contributed by atoms with E-state index in [0.717, 1.165) is 33.4 Å². The predicted molar refractivity (Wildman–Crippen MR) is 158 cm³/mol. The molecule has 1 aromatic carbocycles. The van der Waals surface area contributed by atoms with Gasteiger partial charge in [0.25, 0.3) is 0 Å². The third kappa shape index (κ3) is 5.08. The first-order valence-corrected chi connectivity index (χ1v) is 15.3. The van der Waals surface area contributed by atoms with Crippen molar-refractivity contribution >= 4 is 26.4 Å². The van der Waals surface area contributed by atoms with Gasteiger partial charge in [0.15, 0.2) is 5.82 Å². The Morgan fingerprint density at radius 2 is 1.83 bits per heavy atom. The smallest absolute Gasteiger partial charge is 0.156 e. The molecule has 0 unspecified atom stereocenters. The Morgan fingerprint density at radius 1 is 1.05 bits per heavy atom. The average Bonchev–Trinajstić information content (AvgIpc) is 3.39. The van der Waals surface area contributed by atoms with E-state index in [9.17, 15) is 13.5 Å². The molecule has 1 saturated heterocycles. The standard InChI is InChI=1S/C30H30N6O4S/c1-18-24-15-32-36(28(24)13-27(33-18)25-14-31-10-9-29(25)40-3)30-12-22(35-16-21(19(35)2)17-41(4,38)39)11-26(34-30)20-5-7-23(37)8-6-20/h5-15,19,21,37H,16-17H2,1-4H3/t19-,21-/m1/s1. The number of nitrogens with zero attached hydrogens (tertiary/aromatic N) is 6.